The van der Waals surface area contributed by atoms with Gasteiger partial charge in [-0.1, -0.05) is 49.6 Å². The smallest absolute Gasteiger partial charge is 0.303 e. The van der Waals surface area contributed by atoms with Crippen molar-refractivity contribution in [2.45, 2.75) is 58.3 Å². The van der Waals surface area contributed by atoms with Crippen molar-refractivity contribution in [1.82, 2.24) is 4.57 Å². The summed E-state index contributed by atoms with van der Waals surface area (Å²) < 4.78 is 15.8. The van der Waals surface area contributed by atoms with E-state index in [1.807, 2.05) is 37.4 Å². The fraction of sp³-hybridized carbons (Fsp3) is 0.407. The molecule has 0 aliphatic heterocycles. The Kier molecular flexibility index (Phi) is 8.67. The molecule has 0 bridgehead atoms. The molecule has 1 heterocycles. The van der Waals surface area contributed by atoms with Gasteiger partial charge in [-0.2, -0.15) is 0 Å². The number of carbonyl (C=O) groups excluding carboxylic acids is 1. The van der Waals surface area contributed by atoms with Gasteiger partial charge in [0.2, 0.25) is 0 Å². The Morgan fingerprint density at radius 2 is 1.73 bits per heavy atom. The molecule has 1 N–H and O–H groups in total. The molecule has 1 aromatic heterocycles. The van der Waals surface area contributed by atoms with E-state index in [9.17, 15) is 14.0 Å². The number of hydrogen-bond acceptors (Lipinski definition) is 2. The molecule has 176 valence electrons. The van der Waals surface area contributed by atoms with E-state index < -0.39 is 5.97 Å². The van der Waals surface area contributed by atoms with Gasteiger partial charge in [-0.3, -0.25) is 9.59 Å². The maximum atomic E-state index is 13.8. The summed E-state index contributed by atoms with van der Waals surface area (Å²) in [6.07, 6.45) is 5.44. The number of aryl methyl sites for hydroxylation is 2. The molecular weight excluding hydrogens is 441 g/mol. The molecule has 0 fully saturated rings. The maximum Gasteiger partial charge on any atom is 0.303 e. The van der Waals surface area contributed by atoms with E-state index in [1.54, 1.807) is 13.0 Å². The number of aromatic nitrogens is 1. The Balaban J connectivity index is 1.68. The number of carboxylic acids is 1. The SMILES string of the molecule is C[C@H](CC(=O)O)CC(=O)c1c(CCCCCCc2ccccc2F)n(C)c2ccc(Cl)cc12. The Bertz CT molecular complexity index is 1140. The van der Waals surface area contributed by atoms with Crippen LogP contribution in [0.15, 0.2) is 42.5 Å². The highest BCUT2D eigenvalue weighted by Crippen LogP contribution is 2.31. The number of carboxylic acid groups (broad SMARTS) is 1. The van der Waals surface area contributed by atoms with Crippen molar-refractivity contribution in [1.29, 1.82) is 0 Å². The number of hydrogen-bond donors (Lipinski definition) is 1. The third-order valence-corrected chi connectivity index (χ3v) is 6.42. The minimum atomic E-state index is -0.896. The molecule has 3 rings (SSSR count). The van der Waals surface area contributed by atoms with Crippen molar-refractivity contribution >= 4 is 34.3 Å². The molecule has 2 aromatic carbocycles. The van der Waals surface area contributed by atoms with Crippen LogP contribution in [0.3, 0.4) is 0 Å². The lowest BCUT2D eigenvalue weighted by Gasteiger charge is -2.11. The van der Waals surface area contributed by atoms with Crippen molar-refractivity contribution in [3.8, 4) is 0 Å². The van der Waals surface area contributed by atoms with Crippen LogP contribution in [0.4, 0.5) is 4.39 Å². The van der Waals surface area contributed by atoms with Gasteiger partial charge in [0.15, 0.2) is 5.78 Å². The van der Waals surface area contributed by atoms with Crippen molar-refractivity contribution < 1.29 is 19.1 Å². The van der Waals surface area contributed by atoms with Crippen LogP contribution in [0.5, 0.6) is 0 Å². The molecule has 33 heavy (non-hydrogen) atoms. The summed E-state index contributed by atoms with van der Waals surface area (Å²) in [6, 6.07) is 12.5. The van der Waals surface area contributed by atoms with Crippen LogP contribution in [0, 0.1) is 11.7 Å². The normalized spacial score (nSPS) is 12.2. The zero-order chi connectivity index (χ0) is 24.0. The van der Waals surface area contributed by atoms with E-state index >= 15 is 0 Å². The molecule has 1 atom stereocenters. The average molecular weight is 472 g/mol. The highest BCUT2D eigenvalue weighted by molar-refractivity contribution is 6.31. The van der Waals surface area contributed by atoms with Crippen molar-refractivity contribution in [3.05, 3.63) is 70.1 Å². The number of unbranched alkanes of at least 4 members (excludes halogenated alkanes) is 3. The highest BCUT2D eigenvalue weighted by atomic mass is 35.5. The molecule has 4 nitrogen and oxygen atoms in total. The number of rotatable bonds is 12. The van der Waals surface area contributed by atoms with Gasteiger partial charge in [-0.15, -0.1) is 0 Å². The highest BCUT2D eigenvalue weighted by Gasteiger charge is 2.23. The monoisotopic (exact) mass is 471 g/mol. The van der Waals surface area contributed by atoms with Crippen LogP contribution >= 0.6 is 11.6 Å². The number of benzene rings is 2. The first-order chi connectivity index (χ1) is 15.8. The standard InChI is InChI=1S/C27H31ClFNO3/c1-18(16-26(32)33)15-25(31)27-21-17-20(28)13-14-23(21)30(2)24(27)12-6-4-3-5-9-19-10-7-8-11-22(19)29/h7-8,10-11,13-14,17-18H,3-6,9,12,15-16H2,1-2H3,(H,32,33)/t18-/m0/s1. The van der Waals surface area contributed by atoms with Crippen LogP contribution in [0.2, 0.25) is 5.02 Å². The Morgan fingerprint density at radius 1 is 1.03 bits per heavy atom. The topological polar surface area (TPSA) is 59.3 Å². The van der Waals surface area contributed by atoms with Crippen molar-refractivity contribution in [3.63, 3.8) is 0 Å². The summed E-state index contributed by atoms with van der Waals surface area (Å²) in [6.45, 7) is 1.79. The van der Waals surface area contributed by atoms with Gasteiger partial charge in [-0.05, 0) is 61.4 Å². The lowest BCUT2D eigenvalue weighted by atomic mass is 9.94. The first-order valence-corrected chi connectivity index (χ1v) is 11.9. The molecule has 0 radical (unpaired) electrons. The molecule has 0 amide bonds. The lowest BCUT2D eigenvalue weighted by molar-refractivity contribution is -0.137. The lowest BCUT2D eigenvalue weighted by Crippen LogP contribution is -2.12. The number of carbonyl (C=O) groups is 2. The predicted octanol–water partition coefficient (Wildman–Crippen LogP) is 7.00. The number of Topliss-reactive ketones (excluding diaryl/α,β-unsaturated/α-hetero) is 1. The summed E-state index contributed by atoms with van der Waals surface area (Å²) in [4.78, 5) is 24.3. The van der Waals surface area contributed by atoms with Gasteiger partial charge in [0.25, 0.3) is 0 Å². The molecular formula is C27H31ClFNO3. The second-order valence-electron chi connectivity index (χ2n) is 8.88. The minimum absolute atomic E-state index is 0.0331. The minimum Gasteiger partial charge on any atom is -0.481 e. The molecule has 3 aromatic rings. The number of aliphatic carboxylic acids is 1. The van der Waals surface area contributed by atoms with E-state index in [2.05, 4.69) is 4.57 Å². The van der Waals surface area contributed by atoms with E-state index in [0.29, 0.717) is 10.6 Å². The summed E-state index contributed by atoms with van der Waals surface area (Å²) in [5, 5.41) is 10.5. The van der Waals surface area contributed by atoms with Gasteiger partial charge < -0.3 is 9.67 Å². The van der Waals surface area contributed by atoms with Gasteiger partial charge in [-0.25, -0.2) is 4.39 Å². The quantitative estimate of drug-likeness (QED) is 0.228. The fourth-order valence-corrected chi connectivity index (χ4v) is 4.70. The molecule has 0 aliphatic rings. The Labute approximate surface area is 199 Å². The number of nitrogens with zero attached hydrogens (tertiary/aromatic N) is 1. The summed E-state index contributed by atoms with van der Waals surface area (Å²) in [5.74, 6) is -1.32. The molecule has 0 spiro atoms. The number of fused-ring (bicyclic) bond motifs is 1. The third kappa shape index (κ3) is 6.44. The number of ketones is 1. The van der Waals surface area contributed by atoms with Crippen LogP contribution < -0.4 is 0 Å². The van der Waals surface area contributed by atoms with Crippen molar-refractivity contribution in [2.75, 3.05) is 0 Å². The molecule has 0 aliphatic carbocycles. The van der Waals surface area contributed by atoms with Gasteiger partial charge in [0.1, 0.15) is 5.82 Å². The Hall–Kier alpha value is -2.66. The van der Waals surface area contributed by atoms with Gasteiger partial charge in [0, 0.05) is 47.1 Å². The number of halogens is 2. The average Bonchev–Trinajstić information content (AvgIpc) is 3.02. The largest absolute Gasteiger partial charge is 0.481 e. The maximum absolute atomic E-state index is 13.8. The predicted molar refractivity (Wildman–Crippen MR) is 131 cm³/mol. The first-order valence-electron chi connectivity index (χ1n) is 11.5. The van der Waals surface area contributed by atoms with Crippen LogP contribution in [-0.4, -0.2) is 21.4 Å². The summed E-state index contributed by atoms with van der Waals surface area (Å²) in [5.41, 5.74) is 3.34. The zero-order valence-electron chi connectivity index (χ0n) is 19.2. The first kappa shape index (κ1) is 25.0. The second-order valence-corrected chi connectivity index (χ2v) is 9.31. The summed E-state index contributed by atoms with van der Waals surface area (Å²) >= 11 is 6.23. The van der Waals surface area contributed by atoms with Crippen LogP contribution in [0.1, 0.15) is 67.1 Å². The molecule has 0 unspecified atom stereocenters. The second kappa shape index (κ2) is 11.5. The third-order valence-electron chi connectivity index (χ3n) is 6.19. The Morgan fingerprint density at radius 3 is 2.42 bits per heavy atom. The van der Waals surface area contributed by atoms with Crippen molar-refractivity contribution in [2.24, 2.45) is 13.0 Å². The molecule has 0 saturated carbocycles. The van der Waals surface area contributed by atoms with Crippen LogP contribution in [0.25, 0.3) is 10.9 Å². The van der Waals surface area contributed by atoms with E-state index in [1.165, 1.54) is 6.07 Å². The van der Waals surface area contributed by atoms with Gasteiger partial charge >= 0.3 is 5.97 Å². The molecule has 0 saturated heterocycles. The van der Waals surface area contributed by atoms with E-state index in [4.69, 9.17) is 16.7 Å². The fourth-order valence-electron chi connectivity index (χ4n) is 4.52. The molecule has 6 heteroatoms. The van der Waals surface area contributed by atoms with Gasteiger partial charge in [0.05, 0.1) is 0 Å². The van der Waals surface area contributed by atoms with Crippen LogP contribution in [-0.2, 0) is 24.7 Å². The van der Waals surface area contributed by atoms with E-state index in [-0.39, 0.29) is 30.4 Å². The summed E-state index contributed by atoms with van der Waals surface area (Å²) in [7, 11) is 1.96. The van der Waals surface area contributed by atoms with E-state index in [0.717, 1.165) is 60.7 Å². The zero-order valence-corrected chi connectivity index (χ0v) is 20.0.